The molecule has 1 aliphatic heterocycles. The van der Waals surface area contributed by atoms with Crippen molar-refractivity contribution >= 4 is 28.7 Å². The lowest BCUT2D eigenvalue weighted by atomic mass is 9.97. The number of nitrogens with one attached hydrogen (secondary N) is 1. The topological polar surface area (TPSA) is 103 Å². The van der Waals surface area contributed by atoms with Gasteiger partial charge < -0.3 is 24.6 Å². The Balaban J connectivity index is 1.07. The molecule has 1 amide bonds. The highest BCUT2D eigenvalue weighted by atomic mass is 32.2. The molecule has 2 heterocycles. The minimum absolute atomic E-state index is 0.00328. The van der Waals surface area contributed by atoms with E-state index in [0.717, 1.165) is 55.3 Å². The second-order valence-electron chi connectivity index (χ2n) is 12.0. The summed E-state index contributed by atoms with van der Waals surface area (Å²) in [6, 6.07) is 39.7. The van der Waals surface area contributed by atoms with Crippen LogP contribution in [0.1, 0.15) is 51.6 Å². The summed E-state index contributed by atoms with van der Waals surface area (Å²) < 4.78 is 18.7. The minimum Gasteiger partial charge on any atom is -0.496 e. The molecule has 1 fully saturated rings. The summed E-state index contributed by atoms with van der Waals surface area (Å²) in [5.74, 6) is 1.29. The monoisotopic (exact) mass is 683 g/mol. The zero-order valence-electron chi connectivity index (χ0n) is 27.6. The van der Waals surface area contributed by atoms with Gasteiger partial charge in [0, 0.05) is 29.2 Å². The molecule has 9 heteroatoms. The Hall–Kier alpha value is -5.06. The van der Waals surface area contributed by atoms with Crippen LogP contribution in [0.4, 0.5) is 0 Å². The summed E-state index contributed by atoms with van der Waals surface area (Å²) in [5.41, 5.74) is 7.53. The zero-order valence-corrected chi connectivity index (χ0v) is 28.4. The molecule has 6 aromatic rings. The van der Waals surface area contributed by atoms with Crippen LogP contribution in [-0.2, 0) is 22.6 Å². The zero-order chi connectivity index (χ0) is 34.3. The first-order valence-electron chi connectivity index (χ1n) is 16.5. The van der Waals surface area contributed by atoms with Gasteiger partial charge in [-0.25, -0.2) is 4.98 Å². The molecule has 8 nitrogen and oxygen atoms in total. The molecule has 0 spiro atoms. The van der Waals surface area contributed by atoms with Crippen molar-refractivity contribution in [2.24, 2.45) is 0 Å². The predicted molar refractivity (Wildman–Crippen MR) is 195 cm³/mol. The molecule has 5 aromatic carbocycles. The molecule has 3 unspecified atom stereocenters. The summed E-state index contributed by atoms with van der Waals surface area (Å²) in [5, 5.41) is 12.6. The van der Waals surface area contributed by atoms with E-state index < -0.39 is 6.29 Å². The van der Waals surface area contributed by atoms with Gasteiger partial charge in [0.15, 0.2) is 6.29 Å². The molecule has 0 radical (unpaired) electrons. The van der Waals surface area contributed by atoms with Crippen LogP contribution in [-0.4, -0.2) is 39.9 Å². The van der Waals surface area contributed by atoms with E-state index in [4.69, 9.17) is 14.2 Å². The fraction of sp³-hybridized carbons (Fsp3) is 0.195. The minimum atomic E-state index is -0.568. The van der Waals surface area contributed by atoms with Crippen molar-refractivity contribution in [1.82, 2.24) is 15.3 Å². The molecular weight excluding hydrogens is 647 g/mol. The van der Waals surface area contributed by atoms with E-state index in [0.29, 0.717) is 18.5 Å². The van der Waals surface area contributed by atoms with Crippen LogP contribution < -0.4 is 10.1 Å². The van der Waals surface area contributed by atoms with Gasteiger partial charge in [0.05, 0.1) is 43.2 Å². The molecular formula is C41H37N3O5S. The quantitative estimate of drug-likeness (QED) is 0.132. The first kappa shape index (κ1) is 33.4. The lowest BCUT2D eigenvalue weighted by Gasteiger charge is -2.36. The number of aliphatic hydroxyl groups excluding tert-OH is 1. The number of aliphatic hydroxyl groups is 1. The fourth-order valence-corrected chi connectivity index (χ4v) is 7.10. The molecule has 0 bridgehead atoms. The molecule has 1 aliphatic rings. The molecule has 1 saturated heterocycles. The van der Waals surface area contributed by atoms with E-state index in [1.54, 1.807) is 18.9 Å². The lowest BCUT2D eigenvalue weighted by Crippen LogP contribution is -2.31. The van der Waals surface area contributed by atoms with Crippen molar-refractivity contribution in [2.75, 3.05) is 12.9 Å². The summed E-state index contributed by atoms with van der Waals surface area (Å²) in [6.45, 7) is 0.332. The van der Waals surface area contributed by atoms with Crippen molar-refractivity contribution in [3.8, 4) is 16.9 Å². The van der Waals surface area contributed by atoms with Crippen molar-refractivity contribution in [1.29, 1.82) is 0 Å². The second kappa shape index (κ2) is 15.7. The number of carbonyl (C=O) groups is 1. The Kier molecular flexibility index (Phi) is 10.5. The van der Waals surface area contributed by atoms with Gasteiger partial charge in [0.2, 0.25) is 0 Å². The highest BCUT2D eigenvalue weighted by Gasteiger charge is 2.32. The summed E-state index contributed by atoms with van der Waals surface area (Å²) in [7, 11) is 1.69. The SMILES string of the molecule is COc1ccccc1SCC1CC(c2ccc(CO)cc2)OC(c2ccc(-c3ccccc3CNC(=O)c3cnc4ccccc4n3)cc2)O1. The number of nitrogens with zero attached hydrogens (tertiary/aromatic N) is 2. The van der Waals surface area contributed by atoms with Crippen molar-refractivity contribution < 1.29 is 24.1 Å². The van der Waals surface area contributed by atoms with Crippen molar-refractivity contribution in [3.05, 3.63) is 155 Å². The Morgan fingerprint density at radius 1 is 0.860 bits per heavy atom. The molecule has 252 valence electrons. The van der Waals surface area contributed by atoms with E-state index >= 15 is 0 Å². The number of carbonyl (C=O) groups excluding carboxylic acids is 1. The molecule has 7 rings (SSSR count). The van der Waals surface area contributed by atoms with Gasteiger partial charge in [-0.3, -0.25) is 9.78 Å². The maximum Gasteiger partial charge on any atom is 0.271 e. The smallest absolute Gasteiger partial charge is 0.271 e. The molecule has 3 atom stereocenters. The molecule has 2 N–H and O–H groups in total. The van der Waals surface area contributed by atoms with Gasteiger partial charge in [0.1, 0.15) is 11.4 Å². The van der Waals surface area contributed by atoms with E-state index in [-0.39, 0.29) is 30.4 Å². The average Bonchev–Trinajstić information content (AvgIpc) is 3.19. The summed E-state index contributed by atoms with van der Waals surface area (Å²) >= 11 is 1.71. The number of benzene rings is 5. The van der Waals surface area contributed by atoms with Crippen LogP contribution in [0.15, 0.2) is 132 Å². The van der Waals surface area contributed by atoms with Crippen LogP contribution in [0, 0.1) is 0 Å². The third-order valence-electron chi connectivity index (χ3n) is 8.74. The van der Waals surface area contributed by atoms with Crippen LogP contribution in [0.5, 0.6) is 5.75 Å². The normalized spacial score (nSPS) is 17.4. The largest absolute Gasteiger partial charge is 0.496 e. The van der Waals surface area contributed by atoms with Gasteiger partial charge >= 0.3 is 0 Å². The van der Waals surface area contributed by atoms with Crippen LogP contribution in [0.3, 0.4) is 0 Å². The molecule has 50 heavy (non-hydrogen) atoms. The van der Waals surface area contributed by atoms with Gasteiger partial charge in [-0.05, 0) is 52.1 Å². The van der Waals surface area contributed by atoms with E-state index in [9.17, 15) is 9.90 Å². The molecule has 0 saturated carbocycles. The number of aromatic nitrogens is 2. The third kappa shape index (κ3) is 7.72. The second-order valence-corrected chi connectivity index (χ2v) is 13.1. The van der Waals surface area contributed by atoms with Crippen molar-refractivity contribution in [2.45, 2.75) is 43.0 Å². The Bertz CT molecular complexity index is 2070. The fourth-order valence-electron chi connectivity index (χ4n) is 6.05. The number of hydrogen-bond acceptors (Lipinski definition) is 8. The number of hydrogen-bond donors (Lipinski definition) is 2. The average molecular weight is 684 g/mol. The van der Waals surface area contributed by atoms with E-state index in [1.165, 1.54) is 6.20 Å². The number of rotatable bonds is 11. The van der Waals surface area contributed by atoms with Crippen LogP contribution in [0.25, 0.3) is 22.2 Å². The number of thioether (sulfide) groups is 1. The molecule has 0 aliphatic carbocycles. The van der Waals surface area contributed by atoms with Crippen molar-refractivity contribution in [3.63, 3.8) is 0 Å². The van der Waals surface area contributed by atoms with E-state index in [2.05, 4.69) is 39.6 Å². The Labute approximate surface area is 295 Å². The lowest BCUT2D eigenvalue weighted by molar-refractivity contribution is -0.245. The number of ether oxygens (including phenoxy) is 3. The first-order valence-corrected chi connectivity index (χ1v) is 17.5. The third-order valence-corrected chi connectivity index (χ3v) is 9.93. The number of fused-ring (bicyclic) bond motifs is 1. The maximum absolute atomic E-state index is 13.0. The highest BCUT2D eigenvalue weighted by molar-refractivity contribution is 7.99. The first-order chi connectivity index (χ1) is 24.6. The highest BCUT2D eigenvalue weighted by Crippen LogP contribution is 2.41. The van der Waals surface area contributed by atoms with Gasteiger partial charge in [-0.15, -0.1) is 11.8 Å². The van der Waals surface area contributed by atoms with Crippen LogP contribution >= 0.6 is 11.8 Å². The molecule has 1 aromatic heterocycles. The predicted octanol–water partition coefficient (Wildman–Crippen LogP) is 8.07. The number of amides is 1. The van der Waals surface area contributed by atoms with E-state index in [1.807, 2.05) is 97.1 Å². The number of methoxy groups -OCH3 is 1. The number of para-hydroxylation sites is 3. The maximum atomic E-state index is 13.0. The van der Waals surface area contributed by atoms with Gasteiger partial charge in [-0.2, -0.15) is 0 Å². The van der Waals surface area contributed by atoms with Gasteiger partial charge in [0.25, 0.3) is 5.91 Å². The Morgan fingerprint density at radius 3 is 2.38 bits per heavy atom. The summed E-state index contributed by atoms with van der Waals surface area (Å²) in [6.07, 6.45) is 1.37. The van der Waals surface area contributed by atoms with Crippen LogP contribution in [0.2, 0.25) is 0 Å². The standard InChI is InChI=1S/C41H37N3O5S/c1-47-37-12-6-7-13-39(37)50-26-32-22-38(29-16-14-27(25-45)15-17-29)49-41(48-32)30-20-18-28(19-21-30)33-9-3-2-8-31(33)23-43-40(46)36-24-42-34-10-4-5-11-35(34)44-36/h2-21,24,32,38,41,45H,22-23,25-26H2,1H3,(H,43,46). The van der Waals surface area contributed by atoms with Gasteiger partial charge in [-0.1, -0.05) is 97.1 Å². The summed E-state index contributed by atoms with van der Waals surface area (Å²) in [4.78, 5) is 22.9. The Morgan fingerprint density at radius 2 is 1.58 bits per heavy atom.